The van der Waals surface area contributed by atoms with Crippen LogP contribution in [0.1, 0.15) is 44.3 Å². The second-order valence-corrected chi connectivity index (χ2v) is 7.42. The number of piperidine rings is 1. The van der Waals surface area contributed by atoms with Crippen molar-refractivity contribution in [2.45, 2.75) is 44.8 Å². The van der Waals surface area contributed by atoms with Gasteiger partial charge in [0.1, 0.15) is 12.4 Å². The zero-order valence-electron chi connectivity index (χ0n) is 15.4. The summed E-state index contributed by atoms with van der Waals surface area (Å²) in [6.45, 7) is 8.39. The molecule has 2 fully saturated rings. The summed E-state index contributed by atoms with van der Waals surface area (Å²) in [6.07, 6.45) is 1.75. The van der Waals surface area contributed by atoms with Crippen LogP contribution in [0, 0.1) is 0 Å². The van der Waals surface area contributed by atoms with Crippen molar-refractivity contribution in [1.29, 1.82) is 0 Å². The van der Waals surface area contributed by atoms with Crippen LogP contribution < -0.4 is 0 Å². The van der Waals surface area contributed by atoms with Crippen LogP contribution in [-0.2, 0) is 23.2 Å². The molecule has 1 aromatic rings. The average Bonchev–Trinajstić information content (AvgIpc) is 3.02. The lowest BCUT2D eigenvalue weighted by atomic mass is 9.93. The molecule has 8 nitrogen and oxygen atoms in total. The predicted molar refractivity (Wildman–Crippen MR) is 92.0 cm³/mol. The molecule has 0 radical (unpaired) electrons. The van der Waals surface area contributed by atoms with E-state index in [4.69, 9.17) is 4.74 Å². The number of morpholine rings is 1. The van der Waals surface area contributed by atoms with Gasteiger partial charge in [-0.15, -0.1) is 10.2 Å². The normalized spacial score (nSPS) is 20.9. The number of hydrogen-bond donors (Lipinski definition) is 1. The molecule has 0 spiro atoms. The number of likely N-dealkylation sites (tertiary alicyclic amines) is 1. The van der Waals surface area contributed by atoms with Gasteiger partial charge in [0, 0.05) is 39.1 Å². The van der Waals surface area contributed by atoms with Gasteiger partial charge in [0.2, 0.25) is 5.91 Å². The number of aromatic nitrogens is 3. The monoisotopic (exact) mass is 351 g/mol. The second kappa shape index (κ2) is 7.39. The number of carbonyl (C=O) groups excluding carboxylic acids is 1. The molecule has 0 aliphatic carbocycles. The molecule has 0 atom stereocenters. The Morgan fingerprint density at radius 2 is 1.84 bits per heavy atom. The highest BCUT2D eigenvalue weighted by molar-refractivity contribution is 5.85. The summed E-state index contributed by atoms with van der Waals surface area (Å²) in [5.41, 5.74) is -0.495. The molecule has 140 valence electrons. The van der Waals surface area contributed by atoms with Gasteiger partial charge in [-0.25, -0.2) is 0 Å². The molecule has 8 heteroatoms. The Morgan fingerprint density at radius 3 is 2.40 bits per heavy atom. The minimum absolute atomic E-state index is 0.103. The van der Waals surface area contributed by atoms with Crippen molar-refractivity contribution in [3.63, 3.8) is 0 Å². The molecular formula is C17H29N5O3. The van der Waals surface area contributed by atoms with Crippen molar-refractivity contribution in [2.24, 2.45) is 7.05 Å². The molecule has 0 unspecified atom stereocenters. The lowest BCUT2D eigenvalue weighted by Crippen LogP contribution is -2.59. The average molecular weight is 351 g/mol. The largest absolute Gasteiger partial charge is 0.388 e. The lowest BCUT2D eigenvalue weighted by Gasteiger charge is -2.43. The smallest absolute Gasteiger partial charge is 0.242 e. The summed E-state index contributed by atoms with van der Waals surface area (Å²) in [5, 5.41) is 17.5. The number of nitrogens with zero attached hydrogens (tertiary/aromatic N) is 5. The maximum absolute atomic E-state index is 13.1. The summed E-state index contributed by atoms with van der Waals surface area (Å²) in [5.74, 6) is 1.97. The molecule has 1 amide bonds. The molecule has 2 saturated heterocycles. The fourth-order valence-electron chi connectivity index (χ4n) is 3.85. The number of aliphatic hydroxyl groups excluding tert-OH is 1. The van der Waals surface area contributed by atoms with E-state index < -0.39 is 5.54 Å². The minimum Gasteiger partial charge on any atom is -0.388 e. The fraction of sp³-hybridized carbons (Fsp3) is 0.824. The molecule has 0 aromatic carbocycles. The number of aliphatic hydroxyl groups is 1. The Morgan fingerprint density at radius 1 is 1.20 bits per heavy atom. The van der Waals surface area contributed by atoms with Crippen LogP contribution in [0.3, 0.4) is 0 Å². The van der Waals surface area contributed by atoms with Crippen molar-refractivity contribution in [1.82, 2.24) is 24.6 Å². The first kappa shape index (κ1) is 18.3. The van der Waals surface area contributed by atoms with Gasteiger partial charge >= 0.3 is 0 Å². The highest BCUT2D eigenvalue weighted by Crippen LogP contribution is 2.29. The fourth-order valence-corrected chi connectivity index (χ4v) is 3.85. The van der Waals surface area contributed by atoms with Gasteiger partial charge in [-0.1, -0.05) is 0 Å². The Hall–Kier alpha value is -1.51. The number of hydrogen-bond acceptors (Lipinski definition) is 6. The Balaban J connectivity index is 1.61. The van der Waals surface area contributed by atoms with Gasteiger partial charge in [0.15, 0.2) is 5.82 Å². The molecule has 0 bridgehead atoms. The summed E-state index contributed by atoms with van der Waals surface area (Å²) in [7, 11) is 1.89. The molecule has 1 N–H and O–H groups in total. The highest BCUT2D eigenvalue weighted by Gasteiger charge is 2.39. The van der Waals surface area contributed by atoms with Crippen LogP contribution in [0.15, 0.2) is 0 Å². The molecule has 25 heavy (non-hydrogen) atoms. The first-order chi connectivity index (χ1) is 11.9. The van der Waals surface area contributed by atoms with E-state index in [0.717, 1.165) is 44.8 Å². The lowest BCUT2D eigenvalue weighted by molar-refractivity contribution is -0.146. The Labute approximate surface area is 148 Å². The van der Waals surface area contributed by atoms with Crippen molar-refractivity contribution in [2.75, 3.05) is 39.4 Å². The molecular weight excluding hydrogens is 322 g/mol. The van der Waals surface area contributed by atoms with E-state index in [2.05, 4.69) is 15.1 Å². The zero-order chi connectivity index (χ0) is 18.0. The Kier molecular flexibility index (Phi) is 5.41. The predicted octanol–water partition coefficient (Wildman–Crippen LogP) is 0.124. The van der Waals surface area contributed by atoms with Crippen molar-refractivity contribution >= 4 is 5.91 Å². The van der Waals surface area contributed by atoms with Crippen molar-refractivity contribution < 1.29 is 14.6 Å². The van der Waals surface area contributed by atoms with E-state index >= 15 is 0 Å². The van der Waals surface area contributed by atoms with Gasteiger partial charge in [-0.05, 0) is 26.7 Å². The van der Waals surface area contributed by atoms with Crippen LogP contribution in [0.25, 0.3) is 0 Å². The SMILES string of the molecule is Cn1c(CO)nnc1C1CCN(C(=O)C(C)(C)N2CCOCC2)CC1. The maximum Gasteiger partial charge on any atom is 0.242 e. The van der Waals surface area contributed by atoms with E-state index in [0.29, 0.717) is 19.0 Å². The topological polar surface area (TPSA) is 83.7 Å². The third-order valence-corrected chi connectivity index (χ3v) is 5.61. The Bertz CT molecular complexity index is 601. The van der Waals surface area contributed by atoms with Crippen LogP contribution >= 0.6 is 0 Å². The van der Waals surface area contributed by atoms with Gasteiger partial charge < -0.3 is 19.3 Å². The molecule has 2 aliphatic heterocycles. The standard InChI is InChI=1S/C17H29N5O3/c1-17(2,22-8-10-25-11-9-22)16(24)21-6-4-13(5-7-21)15-19-18-14(12-23)20(15)3/h13,23H,4-12H2,1-3H3. The van der Waals surface area contributed by atoms with Gasteiger partial charge in [-0.2, -0.15) is 0 Å². The molecule has 3 rings (SSSR count). The van der Waals surface area contributed by atoms with Crippen LogP contribution in [0.2, 0.25) is 0 Å². The van der Waals surface area contributed by atoms with E-state index in [9.17, 15) is 9.90 Å². The summed E-state index contributed by atoms with van der Waals surface area (Å²) >= 11 is 0. The van der Waals surface area contributed by atoms with Gasteiger partial charge in [0.25, 0.3) is 0 Å². The van der Waals surface area contributed by atoms with Crippen LogP contribution in [-0.4, -0.2) is 80.5 Å². The summed E-state index contributed by atoms with van der Waals surface area (Å²) in [6, 6.07) is 0. The summed E-state index contributed by atoms with van der Waals surface area (Å²) < 4.78 is 7.28. The zero-order valence-corrected chi connectivity index (χ0v) is 15.4. The van der Waals surface area contributed by atoms with E-state index in [-0.39, 0.29) is 18.4 Å². The van der Waals surface area contributed by atoms with Crippen LogP contribution in [0.4, 0.5) is 0 Å². The summed E-state index contributed by atoms with van der Waals surface area (Å²) in [4.78, 5) is 17.3. The van der Waals surface area contributed by atoms with Crippen molar-refractivity contribution in [3.8, 4) is 0 Å². The number of rotatable bonds is 4. The van der Waals surface area contributed by atoms with Crippen molar-refractivity contribution in [3.05, 3.63) is 11.6 Å². The molecule has 3 heterocycles. The van der Waals surface area contributed by atoms with E-state index in [1.54, 1.807) is 0 Å². The second-order valence-electron chi connectivity index (χ2n) is 7.42. The third-order valence-electron chi connectivity index (χ3n) is 5.61. The van der Waals surface area contributed by atoms with Gasteiger partial charge in [-0.3, -0.25) is 9.69 Å². The van der Waals surface area contributed by atoms with E-state index in [1.165, 1.54) is 0 Å². The molecule has 1 aromatic heterocycles. The molecule has 2 aliphatic rings. The maximum atomic E-state index is 13.1. The highest BCUT2D eigenvalue weighted by atomic mass is 16.5. The number of carbonyl (C=O) groups is 1. The van der Waals surface area contributed by atoms with Crippen LogP contribution in [0.5, 0.6) is 0 Å². The number of ether oxygens (including phenoxy) is 1. The first-order valence-electron chi connectivity index (χ1n) is 9.06. The van der Waals surface area contributed by atoms with Gasteiger partial charge in [0.05, 0.1) is 18.8 Å². The number of amides is 1. The van der Waals surface area contributed by atoms with E-state index in [1.807, 2.05) is 30.4 Å². The molecule has 0 saturated carbocycles. The minimum atomic E-state index is -0.495. The first-order valence-corrected chi connectivity index (χ1v) is 9.06. The quantitative estimate of drug-likeness (QED) is 0.830. The third kappa shape index (κ3) is 3.56.